The van der Waals surface area contributed by atoms with Gasteiger partial charge in [0.15, 0.2) is 11.5 Å². The van der Waals surface area contributed by atoms with Crippen LogP contribution in [0.25, 0.3) is 0 Å². The number of carbonyl (C=O) groups is 1. The van der Waals surface area contributed by atoms with Crippen LogP contribution in [-0.4, -0.2) is 18.9 Å². The smallest absolute Gasteiger partial charge is 0.272 e. The zero-order valence-corrected chi connectivity index (χ0v) is 11.6. The first-order valence-corrected chi connectivity index (χ1v) is 6.59. The molecule has 0 spiro atoms. The molecule has 2 aromatic carbocycles. The van der Waals surface area contributed by atoms with E-state index in [1.54, 1.807) is 36.4 Å². The number of ether oxygens (including phenoxy) is 2. The van der Waals surface area contributed by atoms with Crippen molar-refractivity contribution in [1.82, 2.24) is 5.43 Å². The molecule has 106 valence electrons. The summed E-state index contributed by atoms with van der Waals surface area (Å²) >= 11 is 5.94. The van der Waals surface area contributed by atoms with Crippen molar-refractivity contribution < 1.29 is 14.3 Å². The molecule has 0 saturated heterocycles. The molecule has 1 aliphatic rings. The highest BCUT2D eigenvalue weighted by molar-refractivity contribution is 6.33. The van der Waals surface area contributed by atoms with E-state index in [-0.39, 0.29) is 12.7 Å². The summed E-state index contributed by atoms with van der Waals surface area (Å²) in [5.74, 6) is 1.00. The number of hydrazone groups is 1. The Labute approximate surface area is 126 Å². The van der Waals surface area contributed by atoms with Crippen molar-refractivity contribution in [1.29, 1.82) is 0 Å². The first-order chi connectivity index (χ1) is 10.2. The topological polar surface area (TPSA) is 59.9 Å². The van der Waals surface area contributed by atoms with Crippen molar-refractivity contribution >= 4 is 23.7 Å². The second-order valence-electron chi connectivity index (χ2n) is 4.29. The maximum absolute atomic E-state index is 11.9. The van der Waals surface area contributed by atoms with E-state index in [1.807, 2.05) is 6.07 Å². The fraction of sp³-hybridized carbons (Fsp3) is 0.0667. The van der Waals surface area contributed by atoms with E-state index in [0.29, 0.717) is 22.1 Å². The average Bonchev–Trinajstić information content (AvgIpc) is 2.95. The van der Waals surface area contributed by atoms with Crippen LogP contribution < -0.4 is 14.9 Å². The number of nitrogens with zero attached hydrogens (tertiary/aromatic N) is 1. The molecule has 2 aromatic rings. The van der Waals surface area contributed by atoms with E-state index in [0.717, 1.165) is 5.56 Å². The Kier molecular flexibility index (Phi) is 3.75. The third-order valence-corrected chi connectivity index (χ3v) is 3.22. The lowest BCUT2D eigenvalue weighted by Gasteiger charge is -2.02. The van der Waals surface area contributed by atoms with Crippen molar-refractivity contribution in [2.24, 2.45) is 5.10 Å². The average molecular weight is 303 g/mol. The van der Waals surface area contributed by atoms with Crippen LogP contribution in [-0.2, 0) is 0 Å². The van der Waals surface area contributed by atoms with Gasteiger partial charge in [-0.25, -0.2) is 5.43 Å². The fourth-order valence-electron chi connectivity index (χ4n) is 1.86. The number of hydrogen-bond donors (Lipinski definition) is 1. The minimum Gasteiger partial charge on any atom is -0.454 e. The van der Waals surface area contributed by atoms with E-state index in [2.05, 4.69) is 10.5 Å². The Balaban J connectivity index is 1.67. The molecular formula is C15H11ClN2O3. The molecule has 0 aliphatic carbocycles. The van der Waals surface area contributed by atoms with Gasteiger partial charge in [-0.05, 0) is 35.9 Å². The van der Waals surface area contributed by atoms with Crippen molar-refractivity contribution in [2.75, 3.05) is 6.79 Å². The molecular weight excluding hydrogens is 292 g/mol. The Morgan fingerprint density at radius 3 is 2.86 bits per heavy atom. The van der Waals surface area contributed by atoms with Gasteiger partial charge in [0.1, 0.15) is 0 Å². The molecule has 0 atom stereocenters. The van der Waals surface area contributed by atoms with Crippen molar-refractivity contribution in [3.63, 3.8) is 0 Å². The lowest BCUT2D eigenvalue weighted by Crippen LogP contribution is -2.17. The van der Waals surface area contributed by atoms with Gasteiger partial charge in [0.25, 0.3) is 5.91 Å². The van der Waals surface area contributed by atoms with Gasteiger partial charge in [0.05, 0.1) is 16.8 Å². The second-order valence-corrected chi connectivity index (χ2v) is 4.70. The van der Waals surface area contributed by atoms with Crippen molar-refractivity contribution in [2.45, 2.75) is 0 Å². The molecule has 1 heterocycles. The second kappa shape index (κ2) is 5.85. The summed E-state index contributed by atoms with van der Waals surface area (Å²) in [5.41, 5.74) is 3.60. The molecule has 5 nitrogen and oxygen atoms in total. The summed E-state index contributed by atoms with van der Waals surface area (Å²) in [7, 11) is 0. The maximum atomic E-state index is 11.9. The van der Waals surface area contributed by atoms with Gasteiger partial charge in [-0.2, -0.15) is 5.10 Å². The van der Waals surface area contributed by atoms with Crippen LogP contribution in [0.2, 0.25) is 5.02 Å². The molecule has 0 aromatic heterocycles. The predicted octanol–water partition coefficient (Wildman–Crippen LogP) is 2.83. The number of rotatable bonds is 3. The summed E-state index contributed by atoms with van der Waals surface area (Å²) in [5, 5.41) is 4.29. The van der Waals surface area contributed by atoms with Crippen LogP contribution in [0, 0.1) is 0 Å². The van der Waals surface area contributed by atoms with E-state index >= 15 is 0 Å². The van der Waals surface area contributed by atoms with E-state index < -0.39 is 0 Å². The van der Waals surface area contributed by atoms with Gasteiger partial charge in [-0.1, -0.05) is 23.7 Å². The van der Waals surface area contributed by atoms with Crippen LogP contribution in [0.5, 0.6) is 11.5 Å². The van der Waals surface area contributed by atoms with Gasteiger partial charge < -0.3 is 9.47 Å². The van der Waals surface area contributed by atoms with Crippen LogP contribution in [0.4, 0.5) is 0 Å². The number of halogens is 1. The molecule has 21 heavy (non-hydrogen) atoms. The summed E-state index contributed by atoms with van der Waals surface area (Å²) in [6, 6.07) is 12.2. The third kappa shape index (κ3) is 2.98. The fourth-order valence-corrected chi connectivity index (χ4v) is 2.09. The lowest BCUT2D eigenvalue weighted by atomic mass is 10.2. The molecule has 0 bridgehead atoms. The molecule has 6 heteroatoms. The van der Waals surface area contributed by atoms with Gasteiger partial charge in [0.2, 0.25) is 6.79 Å². The summed E-state index contributed by atoms with van der Waals surface area (Å²) < 4.78 is 10.5. The molecule has 0 unspecified atom stereocenters. The van der Waals surface area contributed by atoms with E-state index in [9.17, 15) is 4.79 Å². The molecule has 1 aliphatic heterocycles. The number of benzene rings is 2. The standard InChI is InChI=1S/C15H11ClN2O3/c16-12-4-2-1-3-11(12)15(19)18-17-8-10-5-6-13-14(7-10)21-9-20-13/h1-8H,9H2,(H,18,19)/b17-8-. The largest absolute Gasteiger partial charge is 0.454 e. The predicted molar refractivity (Wildman–Crippen MR) is 79.1 cm³/mol. The highest BCUT2D eigenvalue weighted by atomic mass is 35.5. The first kappa shape index (κ1) is 13.5. The molecule has 1 N–H and O–H groups in total. The highest BCUT2D eigenvalue weighted by Crippen LogP contribution is 2.31. The third-order valence-electron chi connectivity index (χ3n) is 2.89. The molecule has 1 amide bonds. The minimum atomic E-state index is -0.363. The normalized spacial score (nSPS) is 12.6. The number of fused-ring (bicyclic) bond motifs is 1. The van der Waals surface area contributed by atoms with E-state index in [1.165, 1.54) is 6.21 Å². The molecule has 0 fully saturated rings. The highest BCUT2D eigenvalue weighted by Gasteiger charge is 2.12. The number of hydrogen-bond acceptors (Lipinski definition) is 4. The quantitative estimate of drug-likeness (QED) is 0.700. The van der Waals surface area contributed by atoms with Gasteiger partial charge in [-0.3, -0.25) is 4.79 Å². The molecule has 0 saturated carbocycles. The Hall–Kier alpha value is -2.53. The minimum absolute atomic E-state index is 0.221. The Morgan fingerprint density at radius 2 is 2.00 bits per heavy atom. The van der Waals surface area contributed by atoms with Crippen LogP contribution in [0.3, 0.4) is 0 Å². The molecule has 3 rings (SSSR count). The number of nitrogens with one attached hydrogen (secondary N) is 1. The summed E-state index contributed by atoms with van der Waals surface area (Å²) in [4.78, 5) is 11.9. The maximum Gasteiger partial charge on any atom is 0.272 e. The number of carbonyl (C=O) groups excluding carboxylic acids is 1. The lowest BCUT2D eigenvalue weighted by molar-refractivity contribution is 0.0955. The first-order valence-electron chi connectivity index (χ1n) is 6.21. The van der Waals surface area contributed by atoms with Gasteiger partial charge in [0, 0.05) is 0 Å². The van der Waals surface area contributed by atoms with E-state index in [4.69, 9.17) is 21.1 Å². The van der Waals surface area contributed by atoms with Crippen molar-refractivity contribution in [3.8, 4) is 11.5 Å². The van der Waals surface area contributed by atoms with Crippen molar-refractivity contribution in [3.05, 3.63) is 58.6 Å². The summed E-state index contributed by atoms with van der Waals surface area (Å²) in [6.45, 7) is 0.221. The SMILES string of the molecule is O=C(N/N=C\c1ccc2c(c1)OCO2)c1ccccc1Cl. The van der Waals surface area contributed by atoms with Crippen LogP contribution in [0.1, 0.15) is 15.9 Å². The summed E-state index contributed by atoms with van der Waals surface area (Å²) in [6.07, 6.45) is 1.52. The monoisotopic (exact) mass is 302 g/mol. The zero-order valence-electron chi connectivity index (χ0n) is 10.9. The van der Waals surface area contributed by atoms with Crippen LogP contribution >= 0.6 is 11.6 Å². The van der Waals surface area contributed by atoms with Gasteiger partial charge in [-0.15, -0.1) is 0 Å². The molecule has 0 radical (unpaired) electrons. The zero-order chi connectivity index (χ0) is 14.7. The van der Waals surface area contributed by atoms with Gasteiger partial charge >= 0.3 is 0 Å². The Bertz CT molecular complexity index is 716. The Morgan fingerprint density at radius 1 is 1.19 bits per heavy atom. The van der Waals surface area contributed by atoms with Crippen LogP contribution in [0.15, 0.2) is 47.6 Å². The number of amides is 1.